The maximum atomic E-state index is 9.38. The highest BCUT2D eigenvalue weighted by Crippen LogP contribution is 2.26. The Morgan fingerprint density at radius 1 is 1.17 bits per heavy atom. The molecule has 3 rings (SSSR count). The molecule has 0 bridgehead atoms. The molecule has 23 heavy (non-hydrogen) atoms. The summed E-state index contributed by atoms with van der Waals surface area (Å²) in [6, 6.07) is 19.2. The maximum Gasteiger partial charge on any atom is 0.140 e. The first-order chi connectivity index (χ1) is 11.2. The van der Waals surface area contributed by atoms with E-state index in [1.54, 1.807) is 7.11 Å². The molecule has 5 nitrogen and oxygen atoms in total. The molecule has 0 spiro atoms. The van der Waals surface area contributed by atoms with Gasteiger partial charge in [0.05, 0.1) is 24.6 Å². The largest absolute Gasteiger partial charge is 0.497 e. The second kappa shape index (κ2) is 6.32. The zero-order valence-electron chi connectivity index (χ0n) is 12.7. The van der Waals surface area contributed by atoms with E-state index in [1.165, 1.54) is 5.01 Å². The number of nitriles is 1. The maximum absolute atomic E-state index is 9.38. The number of amidine groups is 1. The van der Waals surface area contributed by atoms with Crippen LogP contribution < -0.4 is 9.75 Å². The van der Waals surface area contributed by atoms with Crippen molar-refractivity contribution in [2.45, 2.75) is 6.42 Å². The quantitative estimate of drug-likeness (QED) is 0.944. The first-order valence-corrected chi connectivity index (χ1v) is 7.28. The van der Waals surface area contributed by atoms with E-state index in [2.05, 4.69) is 11.2 Å². The first kappa shape index (κ1) is 14.8. The van der Waals surface area contributed by atoms with Crippen LogP contribution in [-0.4, -0.2) is 18.7 Å². The molecule has 1 aliphatic rings. The van der Waals surface area contributed by atoms with E-state index in [9.17, 15) is 5.26 Å². The molecule has 114 valence electrons. The third kappa shape index (κ3) is 2.92. The van der Waals surface area contributed by atoms with Crippen molar-refractivity contribution in [2.75, 3.05) is 12.1 Å². The molecule has 1 unspecified atom stereocenters. The topological polar surface area (TPSA) is 72.5 Å². The van der Waals surface area contributed by atoms with Crippen LogP contribution >= 0.6 is 0 Å². The molecule has 1 N–H and O–H groups in total. The summed E-state index contributed by atoms with van der Waals surface area (Å²) in [7, 11) is 1.62. The predicted octanol–water partition coefficient (Wildman–Crippen LogP) is 3.43. The van der Waals surface area contributed by atoms with E-state index in [0.717, 1.165) is 22.7 Å². The van der Waals surface area contributed by atoms with Crippen LogP contribution in [0.2, 0.25) is 0 Å². The summed E-state index contributed by atoms with van der Waals surface area (Å²) in [6.07, 6.45) is 0.436. The van der Waals surface area contributed by atoms with Gasteiger partial charge in [-0.05, 0) is 42.0 Å². The van der Waals surface area contributed by atoms with Gasteiger partial charge in [-0.25, -0.2) is 5.01 Å². The molecule has 0 amide bonds. The highest BCUT2D eigenvalue weighted by molar-refractivity contribution is 6.11. The van der Waals surface area contributed by atoms with Gasteiger partial charge in [0, 0.05) is 6.42 Å². The van der Waals surface area contributed by atoms with E-state index in [1.807, 2.05) is 54.6 Å². The summed E-state index contributed by atoms with van der Waals surface area (Å²) in [4.78, 5) is 0. The van der Waals surface area contributed by atoms with Gasteiger partial charge in [0.25, 0.3) is 0 Å². The summed E-state index contributed by atoms with van der Waals surface area (Å²) >= 11 is 0. The highest BCUT2D eigenvalue weighted by Gasteiger charge is 2.29. The Balaban J connectivity index is 2.01. The molecule has 1 aliphatic heterocycles. The number of anilines is 1. The van der Waals surface area contributed by atoms with Gasteiger partial charge in [0.15, 0.2) is 0 Å². The lowest BCUT2D eigenvalue weighted by atomic mass is 9.95. The molecule has 0 aromatic heterocycles. The molecule has 2 aromatic rings. The lowest BCUT2D eigenvalue weighted by molar-refractivity contribution is 0.415. The number of nitrogens with zero attached hydrogens (tertiary/aromatic N) is 3. The molecule has 5 heteroatoms. The number of nitrogens with one attached hydrogen (secondary N) is 1. The average molecular weight is 304 g/mol. The van der Waals surface area contributed by atoms with Gasteiger partial charge < -0.3 is 4.74 Å². The van der Waals surface area contributed by atoms with Gasteiger partial charge in [-0.2, -0.15) is 10.4 Å². The minimum atomic E-state index is -0.509. The Hall–Kier alpha value is -3.13. The number of methoxy groups -OCH3 is 1. The third-order valence-corrected chi connectivity index (χ3v) is 3.76. The Labute approximate surface area is 134 Å². The van der Waals surface area contributed by atoms with Crippen molar-refractivity contribution < 1.29 is 4.74 Å². The van der Waals surface area contributed by atoms with E-state index in [0.29, 0.717) is 6.42 Å². The number of hydrazone groups is 1. The number of para-hydroxylation sites is 1. The summed E-state index contributed by atoms with van der Waals surface area (Å²) in [5.41, 5.74) is 2.50. The number of hydrogen-bond acceptors (Lipinski definition) is 4. The van der Waals surface area contributed by atoms with Crippen LogP contribution in [0.1, 0.15) is 12.0 Å². The van der Waals surface area contributed by atoms with Gasteiger partial charge >= 0.3 is 0 Å². The van der Waals surface area contributed by atoms with Crippen molar-refractivity contribution >= 4 is 17.2 Å². The standard InChI is InChI=1S/C18H16N4O/c1-23-16-9-7-13(8-10-16)17-11-14(12-19)18(20)22(21-17)15-5-3-2-4-6-15/h2-10,14,20H,11H2,1H3. The van der Waals surface area contributed by atoms with Crippen molar-refractivity contribution in [3.8, 4) is 11.8 Å². The van der Waals surface area contributed by atoms with Crippen LogP contribution in [0.3, 0.4) is 0 Å². The van der Waals surface area contributed by atoms with E-state index in [4.69, 9.17) is 10.1 Å². The fourth-order valence-electron chi connectivity index (χ4n) is 2.48. The van der Waals surface area contributed by atoms with Gasteiger partial charge in [-0.1, -0.05) is 18.2 Å². The van der Waals surface area contributed by atoms with Crippen LogP contribution in [0.5, 0.6) is 5.75 Å². The fraction of sp³-hybridized carbons (Fsp3) is 0.167. The monoisotopic (exact) mass is 304 g/mol. The molecular weight excluding hydrogens is 288 g/mol. The van der Waals surface area contributed by atoms with Gasteiger partial charge in [0.1, 0.15) is 17.5 Å². The smallest absolute Gasteiger partial charge is 0.140 e. The van der Waals surface area contributed by atoms with Crippen LogP contribution in [0.15, 0.2) is 59.7 Å². The highest BCUT2D eigenvalue weighted by atomic mass is 16.5. The predicted molar refractivity (Wildman–Crippen MR) is 89.9 cm³/mol. The third-order valence-electron chi connectivity index (χ3n) is 3.76. The van der Waals surface area contributed by atoms with Crippen LogP contribution in [0.25, 0.3) is 0 Å². The Morgan fingerprint density at radius 3 is 2.48 bits per heavy atom. The van der Waals surface area contributed by atoms with Crippen molar-refractivity contribution in [3.05, 3.63) is 60.2 Å². The molecule has 0 fully saturated rings. The van der Waals surface area contributed by atoms with Gasteiger partial charge in [0.2, 0.25) is 0 Å². The Morgan fingerprint density at radius 2 is 1.87 bits per heavy atom. The van der Waals surface area contributed by atoms with Crippen molar-refractivity contribution in [3.63, 3.8) is 0 Å². The minimum absolute atomic E-state index is 0.205. The molecular formula is C18H16N4O. The van der Waals surface area contributed by atoms with E-state index >= 15 is 0 Å². The van der Waals surface area contributed by atoms with Gasteiger partial charge in [-0.3, -0.25) is 5.41 Å². The summed E-state index contributed by atoms with van der Waals surface area (Å²) in [5, 5.41) is 23.7. The second-order valence-electron chi connectivity index (χ2n) is 5.19. The number of rotatable bonds is 3. The molecule has 0 saturated heterocycles. The Bertz CT molecular complexity index is 775. The summed E-state index contributed by atoms with van der Waals surface area (Å²) in [6.45, 7) is 0. The fourth-order valence-corrected chi connectivity index (χ4v) is 2.48. The van der Waals surface area contributed by atoms with Crippen LogP contribution in [-0.2, 0) is 0 Å². The lowest BCUT2D eigenvalue weighted by Crippen LogP contribution is -2.37. The molecule has 2 aromatic carbocycles. The average Bonchev–Trinajstić information content (AvgIpc) is 2.63. The van der Waals surface area contributed by atoms with Crippen LogP contribution in [0, 0.1) is 22.7 Å². The minimum Gasteiger partial charge on any atom is -0.497 e. The molecule has 0 saturated carbocycles. The zero-order valence-corrected chi connectivity index (χ0v) is 12.7. The summed E-state index contributed by atoms with van der Waals surface area (Å²) in [5.74, 6) is 0.468. The summed E-state index contributed by atoms with van der Waals surface area (Å²) < 4.78 is 5.17. The van der Waals surface area contributed by atoms with Crippen molar-refractivity contribution in [1.82, 2.24) is 0 Å². The van der Waals surface area contributed by atoms with E-state index in [-0.39, 0.29) is 5.84 Å². The number of ether oxygens (including phenoxy) is 1. The van der Waals surface area contributed by atoms with Gasteiger partial charge in [-0.15, -0.1) is 0 Å². The van der Waals surface area contributed by atoms with Crippen molar-refractivity contribution in [2.24, 2.45) is 11.0 Å². The number of benzene rings is 2. The first-order valence-electron chi connectivity index (χ1n) is 7.28. The van der Waals surface area contributed by atoms with Crippen molar-refractivity contribution in [1.29, 1.82) is 10.7 Å². The molecule has 0 radical (unpaired) electrons. The molecule has 1 atom stereocenters. The zero-order chi connectivity index (χ0) is 16.2. The normalized spacial score (nSPS) is 17.4. The molecule has 1 heterocycles. The lowest BCUT2D eigenvalue weighted by Gasteiger charge is -2.29. The molecule has 0 aliphatic carbocycles. The second-order valence-corrected chi connectivity index (χ2v) is 5.19. The van der Waals surface area contributed by atoms with E-state index < -0.39 is 5.92 Å². The number of hydrogen-bond donors (Lipinski definition) is 1. The SMILES string of the molecule is COc1ccc(C2=NN(c3ccccc3)C(=N)C(C#N)C2)cc1. The van der Waals surface area contributed by atoms with Crippen LogP contribution in [0.4, 0.5) is 5.69 Å². The Kier molecular flexibility index (Phi) is 4.07.